The van der Waals surface area contributed by atoms with Gasteiger partial charge >= 0.3 is 0 Å². The zero-order valence-electron chi connectivity index (χ0n) is 13.4. The van der Waals surface area contributed by atoms with Gasteiger partial charge in [0.1, 0.15) is 0 Å². The van der Waals surface area contributed by atoms with Crippen LogP contribution in [0.15, 0.2) is 48.8 Å². The first-order chi connectivity index (χ1) is 11.2. The minimum atomic E-state index is -0.0118. The van der Waals surface area contributed by atoms with Crippen LogP contribution < -0.4 is 5.32 Å². The smallest absolute Gasteiger partial charge is 0.225 e. The van der Waals surface area contributed by atoms with Gasteiger partial charge in [0.25, 0.3) is 0 Å². The number of rotatable bonds is 4. The number of carbonyl (C=O) groups is 1. The highest BCUT2D eigenvalue weighted by molar-refractivity contribution is 5.79. The molecule has 0 aliphatic carbocycles. The van der Waals surface area contributed by atoms with Crippen LogP contribution in [-0.2, 0) is 9.53 Å². The van der Waals surface area contributed by atoms with Gasteiger partial charge in [-0.15, -0.1) is 0 Å². The fourth-order valence-corrected chi connectivity index (χ4v) is 2.87. The monoisotopic (exact) mass is 310 g/mol. The molecule has 2 atom stereocenters. The number of aromatic nitrogens is 1. The predicted molar refractivity (Wildman–Crippen MR) is 89.8 cm³/mol. The topological polar surface area (TPSA) is 51.2 Å². The minimum absolute atomic E-state index is 0.00378. The molecule has 23 heavy (non-hydrogen) atoms. The molecule has 0 radical (unpaired) electrons. The van der Waals surface area contributed by atoms with Gasteiger partial charge in [-0.3, -0.25) is 9.78 Å². The Labute approximate surface area is 136 Å². The van der Waals surface area contributed by atoms with Crippen molar-refractivity contribution in [1.29, 1.82) is 0 Å². The number of ether oxygens (including phenoxy) is 1. The SMILES string of the molecule is C[C@H](NC(=O)[C@H]1CCCOC1)c1ccc(-c2ccncc2)cc1. The van der Waals surface area contributed by atoms with Crippen molar-refractivity contribution >= 4 is 5.91 Å². The van der Waals surface area contributed by atoms with Gasteiger partial charge in [-0.25, -0.2) is 0 Å². The molecule has 4 heteroatoms. The lowest BCUT2D eigenvalue weighted by Gasteiger charge is -2.23. The Bertz CT molecular complexity index is 634. The summed E-state index contributed by atoms with van der Waals surface area (Å²) in [5, 5.41) is 3.10. The molecule has 1 fully saturated rings. The molecule has 120 valence electrons. The van der Waals surface area contributed by atoms with E-state index >= 15 is 0 Å². The second-order valence-corrected chi connectivity index (χ2v) is 6.00. The van der Waals surface area contributed by atoms with Crippen molar-refractivity contribution in [3.8, 4) is 11.1 Å². The lowest BCUT2D eigenvalue weighted by molar-refractivity contribution is -0.129. The van der Waals surface area contributed by atoms with Crippen molar-refractivity contribution in [2.24, 2.45) is 5.92 Å². The number of nitrogens with one attached hydrogen (secondary N) is 1. The number of carbonyl (C=O) groups excluding carboxylic acids is 1. The highest BCUT2D eigenvalue weighted by Gasteiger charge is 2.23. The Hall–Kier alpha value is -2.20. The normalized spacial score (nSPS) is 19.1. The van der Waals surface area contributed by atoms with E-state index in [1.807, 2.05) is 19.1 Å². The maximum Gasteiger partial charge on any atom is 0.225 e. The maximum atomic E-state index is 12.3. The van der Waals surface area contributed by atoms with Gasteiger partial charge in [-0.2, -0.15) is 0 Å². The van der Waals surface area contributed by atoms with Crippen LogP contribution in [0.5, 0.6) is 0 Å². The zero-order chi connectivity index (χ0) is 16.1. The third-order valence-corrected chi connectivity index (χ3v) is 4.31. The Morgan fingerprint density at radius 2 is 1.87 bits per heavy atom. The molecule has 1 aliphatic rings. The third-order valence-electron chi connectivity index (χ3n) is 4.31. The number of benzene rings is 1. The quantitative estimate of drug-likeness (QED) is 0.942. The number of pyridine rings is 1. The van der Waals surface area contributed by atoms with Crippen molar-refractivity contribution in [3.05, 3.63) is 54.4 Å². The summed E-state index contributed by atoms with van der Waals surface area (Å²) in [4.78, 5) is 16.3. The summed E-state index contributed by atoms with van der Waals surface area (Å²) in [5.41, 5.74) is 3.39. The van der Waals surface area contributed by atoms with E-state index in [9.17, 15) is 4.79 Å². The van der Waals surface area contributed by atoms with Crippen molar-refractivity contribution in [2.75, 3.05) is 13.2 Å². The number of hydrogen-bond donors (Lipinski definition) is 1. The molecule has 1 N–H and O–H groups in total. The fraction of sp³-hybridized carbons (Fsp3) is 0.368. The summed E-state index contributed by atoms with van der Waals surface area (Å²) >= 11 is 0. The molecular formula is C19H22N2O2. The van der Waals surface area contributed by atoms with E-state index in [0.717, 1.165) is 36.1 Å². The second-order valence-electron chi connectivity index (χ2n) is 6.00. The molecule has 0 spiro atoms. The summed E-state index contributed by atoms with van der Waals surface area (Å²) in [6.45, 7) is 3.33. The van der Waals surface area contributed by atoms with Crippen LogP contribution in [0.25, 0.3) is 11.1 Å². The van der Waals surface area contributed by atoms with E-state index < -0.39 is 0 Å². The Balaban J connectivity index is 1.63. The second kappa shape index (κ2) is 7.38. The van der Waals surface area contributed by atoms with Gasteiger partial charge in [0.2, 0.25) is 5.91 Å². The molecule has 1 saturated heterocycles. The molecule has 1 amide bonds. The van der Waals surface area contributed by atoms with Crippen LogP contribution >= 0.6 is 0 Å². The molecular weight excluding hydrogens is 288 g/mol. The van der Waals surface area contributed by atoms with Gasteiger partial charge in [-0.05, 0) is 48.6 Å². The van der Waals surface area contributed by atoms with Crippen molar-refractivity contribution in [3.63, 3.8) is 0 Å². The summed E-state index contributed by atoms with van der Waals surface area (Å²) in [6.07, 6.45) is 5.46. The molecule has 0 saturated carbocycles. The van der Waals surface area contributed by atoms with Gasteiger partial charge < -0.3 is 10.1 Å². The van der Waals surface area contributed by atoms with E-state index in [0.29, 0.717) is 6.61 Å². The first-order valence-corrected chi connectivity index (χ1v) is 8.12. The highest BCUT2D eigenvalue weighted by atomic mass is 16.5. The van der Waals surface area contributed by atoms with Crippen LogP contribution in [-0.4, -0.2) is 24.1 Å². The number of nitrogens with zero attached hydrogens (tertiary/aromatic N) is 1. The summed E-state index contributed by atoms with van der Waals surface area (Å²) in [7, 11) is 0. The number of amides is 1. The average Bonchev–Trinajstić information content (AvgIpc) is 2.63. The first kappa shape index (κ1) is 15.7. The van der Waals surface area contributed by atoms with E-state index in [1.165, 1.54) is 0 Å². The van der Waals surface area contributed by atoms with Crippen LogP contribution in [0.4, 0.5) is 0 Å². The predicted octanol–water partition coefficient (Wildman–Crippen LogP) is 3.35. The lowest BCUT2D eigenvalue weighted by atomic mass is 9.99. The average molecular weight is 310 g/mol. The molecule has 0 unspecified atom stereocenters. The van der Waals surface area contributed by atoms with Crippen LogP contribution in [0.2, 0.25) is 0 Å². The third kappa shape index (κ3) is 3.96. The van der Waals surface area contributed by atoms with Gasteiger partial charge in [0, 0.05) is 19.0 Å². The van der Waals surface area contributed by atoms with Crippen molar-refractivity contribution in [1.82, 2.24) is 10.3 Å². The Morgan fingerprint density at radius 1 is 1.17 bits per heavy atom. The fourth-order valence-electron chi connectivity index (χ4n) is 2.87. The van der Waals surface area contributed by atoms with E-state index in [4.69, 9.17) is 4.74 Å². The lowest BCUT2D eigenvalue weighted by Crippen LogP contribution is -2.36. The first-order valence-electron chi connectivity index (χ1n) is 8.12. The van der Waals surface area contributed by atoms with Gasteiger partial charge in [0.05, 0.1) is 18.6 Å². The van der Waals surface area contributed by atoms with E-state index in [-0.39, 0.29) is 17.9 Å². The van der Waals surface area contributed by atoms with Crippen molar-refractivity contribution in [2.45, 2.75) is 25.8 Å². The molecule has 1 aliphatic heterocycles. The Morgan fingerprint density at radius 3 is 2.52 bits per heavy atom. The molecule has 4 nitrogen and oxygen atoms in total. The largest absolute Gasteiger partial charge is 0.381 e. The van der Waals surface area contributed by atoms with Crippen LogP contribution in [0.1, 0.15) is 31.4 Å². The van der Waals surface area contributed by atoms with Gasteiger partial charge in [0.15, 0.2) is 0 Å². The zero-order valence-corrected chi connectivity index (χ0v) is 13.4. The van der Waals surface area contributed by atoms with E-state index in [1.54, 1.807) is 12.4 Å². The Kier molecular flexibility index (Phi) is 5.03. The van der Waals surface area contributed by atoms with Gasteiger partial charge in [-0.1, -0.05) is 24.3 Å². The van der Waals surface area contributed by atoms with Crippen molar-refractivity contribution < 1.29 is 9.53 Å². The number of hydrogen-bond acceptors (Lipinski definition) is 3. The molecule has 2 heterocycles. The van der Waals surface area contributed by atoms with E-state index in [2.05, 4.69) is 34.6 Å². The summed E-state index contributed by atoms with van der Waals surface area (Å²) in [6, 6.07) is 12.3. The summed E-state index contributed by atoms with van der Waals surface area (Å²) < 4.78 is 5.39. The van der Waals surface area contributed by atoms with Crippen LogP contribution in [0, 0.1) is 5.92 Å². The highest BCUT2D eigenvalue weighted by Crippen LogP contribution is 2.22. The molecule has 3 rings (SSSR count). The summed E-state index contributed by atoms with van der Waals surface area (Å²) in [5.74, 6) is 0.0812. The maximum absolute atomic E-state index is 12.3. The molecule has 0 bridgehead atoms. The van der Waals surface area contributed by atoms with Crippen LogP contribution in [0.3, 0.4) is 0 Å². The molecule has 1 aromatic heterocycles. The minimum Gasteiger partial charge on any atom is -0.381 e. The molecule has 2 aromatic rings. The molecule has 1 aromatic carbocycles. The standard InChI is InChI=1S/C19H22N2O2/c1-14(21-19(22)18-3-2-12-23-13-18)15-4-6-16(7-5-15)17-8-10-20-11-9-17/h4-11,14,18H,2-3,12-13H2,1H3,(H,21,22)/t14-,18-/m0/s1.